The summed E-state index contributed by atoms with van der Waals surface area (Å²) in [4.78, 5) is 15.4. The van der Waals surface area contributed by atoms with E-state index in [0.717, 1.165) is 51.5 Å². The van der Waals surface area contributed by atoms with Gasteiger partial charge in [0.05, 0.1) is 11.0 Å². The molecular formula is C47H38N4. The zero-order valence-electron chi connectivity index (χ0n) is 28.5. The molecule has 4 fully saturated rings. The molecule has 0 spiro atoms. The van der Waals surface area contributed by atoms with E-state index in [0.29, 0.717) is 17.1 Å². The van der Waals surface area contributed by atoms with Gasteiger partial charge in [0.1, 0.15) is 0 Å². The Kier molecular flexibility index (Phi) is 6.40. The lowest BCUT2D eigenvalue weighted by molar-refractivity contribution is -0.00518. The van der Waals surface area contributed by atoms with Crippen LogP contribution in [0.3, 0.4) is 0 Å². The van der Waals surface area contributed by atoms with Crippen molar-refractivity contribution in [2.75, 3.05) is 0 Å². The fourth-order valence-electron chi connectivity index (χ4n) is 10.5. The third kappa shape index (κ3) is 4.76. The summed E-state index contributed by atoms with van der Waals surface area (Å²) in [7, 11) is 0. The van der Waals surface area contributed by atoms with Crippen LogP contribution in [0.2, 0.25) is 0 Å². The van der Waals surface area contributed by atoms with Crippen molar-refractivity contribution in [2.24, 2.45) is 17.8 Å². The number of nitrogens with zero attached hydrogens (tertiary/aromatic N) is 4. The molecule has 6 aromatic carbocycles. The van der Waals surface area contributed by atoms with Gasteiger partial charge in [0.15, 0.2) is 17.5 Å². The quantitative estimate of drug-likeness (QED) is 0.185. The minimum atomic E-state index is 0.369. The molecule has 0 unspecified atom stereocenters. The predicted octanol–water partition coefficient (Wildman–Crippen LogP) is 11.6. The SMILES string of the molecule is c1ccc(-c2nc(-c3ccc(C45CC6CC(CC(C6)C4)C5)cc3)nc(-c3ccc4c(c3)c3ccccc3n4-c3ccc4ccccc4c3)n2)cc1. The summed E-state index contributed by atoms with van der Waals surface area (Å²) in [6.45, 7) is 0. The number of hydrogen-bond donors (Lipinski definition) is 0. The fourth-order valence-corrected chi connectivity index (χ4v) is 10.5. The molecule has 4 heteroatoms. The van der Waals surface area contributed by atoms with Crippen LogP contribution in [0.5, 0.6) is 0 Å². The molecule has 51 heavy (non-hydrogen) atoms. The molecule has 4 bridgehead atoms. The van der Waals surface area contributed by atoms with Gasteiger partial charge >= 0.3 is 0 Å². The molecule has 8 aromatic rings. The molecule has 0 saturated heterocycles. The van der Waals surface area contributed by atoms with Crippen molar-refractivity contribution in [3.05, 3.63) is 145 Å². The monoisotopic (exact) mass is 658 g/mol. The first-order valence-electron chi connectivity index (χ1n) is 18.6. The van der Waals surface area contributed by atoms with E-state index in [1.165, 1.54) is 71.1 Å². The van der Waals surface area contributed by atoms with Crippen LogP contribution < -0.4 is 0 Å². The normalized spacial score (nSPS) is 22.3. The summed E-state index contributed by atoms with van der Waals surface area (Å²) in [5.74, 6) is 4.88. The molecular weight excluding hydrogens is 621 g/mol. The highest BCUT2D eigenvalue weighted by Gasteiger charge is 2.51. The highest BCUT2D eigenvalue weighted by atomic mass is 15.0. The smallest absolute Gasteiger partial charge is 0.164 e. The number of aromatic nitrogens is 4. The molecule has 4 aliphatic rings. The Morgan fingerprint density at radius 1 is 0.451 bits per heavy atom. The van der Waals surface area contributed by atoms with Gasteiger partial charge in [0, 0.05) is 33.2 Å². The van der Waals surface area contributed by atoms with Crippen LogP contribution >= 0.6 is 0 Å². The van der Waals surface area contributed by atoms with Crippen LogP contribution in [0.15, 0.2) is 140 Å². The maximum atomic E-state index is 5.18. The van der Waals surface area contributed by atoms with E-state index in [-0.39, 0.29) is 0 Å². The first-order valence-corrected chi connectivity index (χ1v) is 18.6. The van der Waals surface area contributed by atoms with Crippen LogP contribution in [0.4, 0.5) is 0 Å². The van der Waals surface area contributed by atoms with E-state index in [4.69, 9.17) is 15.0 Å². The van der Waals surface area contributed by atoms with E-state index in [1.54, 1.807) is 0 Å². The van der Waals surface area contributed by atoms with Gasteiger partial charge in [-0.05, 0) is 114 Å². The van der Waals surface area contributed by atoms with Crippen LogP contribution in [0, 0.1) is 17.8 Å². The topological polar surface area (TPSA) is 43.6 Å². The fraction of sp³-hybridized carbons (Fsp3) is 0.213. The minimum absolute atomic E-state index is 0.369. The summed E-state index contributed by atoms with van der Waals surface area (Å²) in [6.07, 6.45) is 8.49. The van der Waals surface area contributed by atoms with E-state index >= 15 is 0 Å². The average molecular weight is 659 g/mol. The van der Waals surface area contributed by atoms with Crippen LogP contribution in [0.1, 0.15) is 44.1 Å². The van der Waals surface area contributed by atoms with Gasteiger partial charge in [-0.15, -0.1) is 0 Å². The molecule has 246 valence electrons. The van der Waals surface area contributed by atoms with Crippen LogP contribution in [-0.2, 0) is 5.41 Å². The van der Waals surface area contributed by atoms with E-state index in [1.807, 2.05) is 18.2 Å². The maximum Gasteiger partial charge on any atom is 0.164 e. The summed E-state index contributed by atoms with van der Waals surface area (Å²) >= 11 is 0. The summed E-state index contributed by atoms with van der Waals surface area (Å²) in [5, 5.41) is 4.86. The standard InChI is InChI=1S/C47H38N4/c1-2-9-34(10-3-1)44-48-45(35-14-18-38(19-15-35)47-27-30-22-31(28-47)24-32(23-30)29-47)50-46(49-44)37-17-21-43-41(26-37)40-12-6-7-13-42(40)51(43)39-20-16-33-8-4-5-11-36(33)25-39/h1-21,25-26,30-32H,22-24,27-29H2. The average Bonchev–Trinajstić information content (AvgIpc) is 3.51. The molecule has 4 aliphatic carbocycles. The Labute approximate surface area is 297 Å². The molecule has 4 nitrogen and oxygen atoms in total. The second kappa shape index (κ2) is 11.2. The third-order valence-electron chi connectivity index (χ3n) is 12.4. The molecule has 0 N–H and O–H groups in total. The molecule has 2 heterocycles. The van der Waals surface area contributed by atoms with Gasteiger partial charge in [-0.25, -0.2) is 15.0 Å². The van der Waals surface area contributed by atoms with Gasteiger partial charge in [-0.3, -0.25) is 0 Å². The predicted molar refractivity (Wildman–Crippen MR) is 208 cm³/mol. The molecule has 0 aliphatic heterocycles. The maximum absolute atomic E-state index is 5.18. The van der Waals surface area contributed by atoms with E-state index in [2.05, 4.69) is 126 Å². The number of para-hydroxylation sites is 1. The number of fused-ring (bicyclic) bond motifs is 4. The Bertz CT molecular complexity index is 2580. The van der Waals surface area contributed by atoms with Crippen LogP contribution in [0.25, 0.3) is 72.4 Å². The zero-order chi connectivity index (χ0) is 33.5. The first kappa shape index (κ1) is 29.2. The second-order valence-electron chi connectivity index (χ2n) is 15.6. The van der Waals surface area contributed by atoms with Gasteiger partial charge in [0.25, 0.3) is 0 Å². The molecule has 0 atom stereocenters. The van der Waals surface area contributed by atoms with Crippen molar-refractivity contribution in [2.45, 2.75) is 43.9 Å². The zero-order valence-corrected chi connectivity index (χ0v) is 28.5. The highest BCUT2D eigenvalue weighted by molar-refractivity contribution is 6.10. The Balaban J connectivity index is 1.03. The number of benzene rings is 6. The third-order valence-corrected chi connectivity index (χ3v) is 12.4. The number of rotatable bonds is 5. The molecule has 0 amide bonds. The lowest BCUT2D eigenvalue weighted by Gasteiger charge is -2.57. The Morgan fingerprint density at radius 3 is 1.75 bits per heavy atom. The van der Waals surface area contributed by atoms with Crippen LogP contribution in [-0.4, -0.2) is 19.5 Å². The summed E-state index contributed by atoms with van der Waals surface area (Å²) in [5.41, 5.74) is 8.39. The van der Waals surface area contributed by atoms with Crippen molar-refractivity contribution in [1.29, 1.82) is 0 Å². The lowest BCUT2D eigenvalue weighted by Crippen LogP contribution is -2.48. The Hall–Kier alpha value is -5.61. The Morgan fingerprint density at radius 2 is 1.02 bits per heavy atom. The molecule has 2 aromatic heterocycles. The van der Waals surface area contributed by atoms with Crippen molar-refractivity contribution >= 4 is 32.6 Å². The highest BCUT2D eigenvalue weighted by Crippen LogP contribution is 2.60. The minimum Gasteiger partial charge on any atom is -0.309 e. The van der Waals surface area contributed by atoms with Crippen molar-refractivity contribution in [3.8, 4) is 39.9 Å². The van der Waals surface area contributed by atoms with Crippen molar-refractivity contribution in [1.82, 2.24) is 19.5 Å². The van der Waals surface area contributed by atoms with Gasteiger partial charge in [-0.2, -0.15) is 0 Å². The second-order valence-corrected chi connectivity index (χ2v) is 15.6. The van der Waals surface area contributed by atoms with Gasteiger partial charge in [-0.1, -0.05) is 103 Å². The first-order chi connectivity index (χ1) is 25.2. The number of hydrogen-bond acceptors (Lipinski definition) is 3. The van der Waals surface area contributed by atoms with Crippen molar-refractivity contribution < 1.29 is 0 Å². The van der Waals surface area contributed by atoms with E-state index in [9.17, 15) is 0 Å². The van der Waals surface area contributed by atoms with Gasteiger partial charge in [0.2, 0.25) is 0 Å². The molecule has 12 rings (SSSR count). The molecule has 4 saturated carbocycles. The largest absolute Gasteiger partial charge is 0.309 e. The summed E-state index contributed by atoms with van der Waals surface area (Å²) < 4.78 is 2.38. The lowest BCUT2D eigenvalue weighted by atomic mass is 9.48. The van der Waals surface area contributed by atoms with Gasteiger partial charge < -0.3 is 4.57 Å². The summed E-state index contributed by atoms with van der Waals surface area (Å²) in [6, 6.07) is 50.2. The van der Waals surface area contributed by atoms with E-state index < -0.39 is 0 Å². The molecule has 0 radical (unpaired) electrons. The van der Waals surface area contributed by atoms with Crippen molar-refractivity contribution in [3.63, 3.8) is 0 Å².